The van der Waals surface area contributed by atoms with Gasteiger partial charge in [-0.1, -0.05) is 38.5 Å². The lowest BCUT2D eigenvalue weighted by Gasteiger charge is -2.26. The van der Waals surface area contributed by atoms with Crippen LogP contribution in [0.2, 0.25) is 0 Å². The minimum Gasteiger partial charge on any atom is -0.493 e. The van der Waals surface area contributed by atoms with Crippen LogP contribution in [-0.4, -0.2) is 12.4 Å². The summed E-state index contributed by atoms with van der Waals surface area (Å²) in [7, 11) is 0. The first-order valence-corrected chi connectivity index (χ1v) is 6.46. The van der Waals surface area contributed by atoms with Crippen molar-refractivity contribution in [2.24, 2.45) is 11.8 Å². The molecule has 17 heavy (non-hydrogen) atoms. The molecule has 2 nitrogen and oxygen atoms in total. The molecule has 1 aliphatic heterocycles. The lowest BCUT2D eigenvalue weighted by Crippen LogP contribution is -2.31. The highest BCUT2D eigenvalue weighted by molar-refractivity contribution is 5.83. The molecule has 0 bridgehead atoms. The summed E-state index contributed by atoms with van der Waals surface area (Å²) in [6, 6.07) is 8.01. The van der Waals surface area contributed by atoms with Crippen LogP contribution in [0.1, 0.15) is 32.3 Å². The summed E-state index contributed by atoms with van der Waals surface area (Å²) in [4.78, 5) is 12.2. The third-order valence-electron chi connectivity index (χ3n) is 3.49. The van der Waals surface area contributed by atoms with Crippen LogP contribution in [0.4, 0.5) is 0 Å². The molecular formula is C15H20O2. The number of fused-ring (bicyclic) bond motifs is 1. The first kappa shape index (κ1) is 12.2. The Labute approximate surface area is 103 Å². The van der Waals surface area contributed by atoms with Crippen LogP contribution in [0, 0.1) is 11.8 Å². The molecule has 2 unspecified atom stereocenters. The Morgan fingerprint density at radius 1 is 1.47 bits per heavy atom. The van der Waals surface area contributed by atoms with Crippen LogP contribution in [0.5, 0.6) is 5.75 Å². The summed E-state index contributed by atoms with van der Waals surface area (Å²) in [5.74, 6) is 1.52. The van der Waals surface area contributed by atoms with Crippen molar-refractivity contribution in [3.8, 4) is 5.75 Å². The van der Waals surface area contributed by atoms with Crippen LogP contribution in [0.3, 0.4) is 0 Å². The molecule has 0 saturated carbocycles. The van der Waals surface area contributed by atoms with Crippen molar-refractivity contribution < 1.29 is 9.53 Å². The second-order valence-corrected chi connectivity index (χ2v) is 4.91. The van der Waals surface area contributed by atoms with E-state index in [9.17, 15) is 4.79 Å². The molecular weight excluding hydrogens is 212 g/mol. The smallest absolute Gasteiger partial charge is 0.142 e. The van der Waals surface area contributed by atoms with E-state index in [-0.39, 0.29) is 11.8 Å². The van der Waals surface area contributed by atoms with E-state index in [1.54, 1.807) is 0 Å². The maximum absolute atomic E-state index is 12.2. The zero-order chi connectivity index (χ0) is 12.3. The third-order valence-corrected chi connectivity index (χ3v) is 3.49. The molecule has 1 heterocycles. The Bertz CT molecular complexity index is 398. The molecule has 1 aromatic rings. The number of para-hydroxylation sites is 1. The molecule has 0 aromatic heterocycles. The molecule has 0 N–H and O–H groups in total. The minimum atomic E-state index is 0.0476. The maximum atomic E-state index is 12.2. The van der Waals surface area contributed by atoms with Gasteiger partial charge in [-0.3, -0.25) is 4.79 Å². The van der Waals surface area contributed by atoms with Crippen molar-refractivity contribution in [1.29, 1.82) is 0 Å². The molecule has 1 aromatic carbocycles. The summed E-state index contributed by atoms with van der Waals surface area (Å²) >= 11 is 0. The molecule has 0 aliphatic carbocycles. The average Bonchev–Trinajstić information content (AvgIpc) is 2.37. The van der Waals surface area contributed by atoms with E-state index in [4.69, 9.17) is 4.74 Å². The predicted molar refractivity (Wildman–Crippen MR) is 68.2 cm³/mol. The van der Waals surface area contributed by atoms with Gasteiger partial charge in [-0.25, -0.2) is 0 Å². The van der Waals surface area contributed by atoms with E-state index < -0.39 is 0 Å². The normalized spacial score (nSPS) is 20.2. The molecule has 2 heteroatoms. The Morgan fingerprint density at radius 2 is 2.24 bits per heavy atom. The number of carbonyl (C=O) groups is 1. The second kappa shape index (κ2) is 5.35. The van der Waals surface area contributed by atoms with Gasteiger partial charge in [0.2, 0.25) is 0 Å². The van der Waals surface area contributed by atoms with Crippen molar-refractivity contribution in [2.75, 3.05) is 6.61 Å². The van der Waals surface area contributed by atoms with Gasteiger partial charge in [0.1, 0.15) is 11.5 Å². The van der Waals surface area contributed by atoms with Crippen molar-refractivity contribution in [2.45, 2.75) is 33.1 Å². The quantitative estimate of drug-likeness (QED) is 0.796. The standard InChI is InChI=1S/C15H20O2/c1-3-6-11(2)15(16)13-9-12-7-4-5-8-14(12)17-10-13/h4-5,7-8,11,13H,3,6,9-10H2,1-2H3. The Morgan fingerprint density at radius 3 is 3.00 bits per heavy atom. The van der Waals surface area contributed by atoms with E-state index in [2.05, 4.69) is 13.0 Å². The average molecular weight is 232 g/mol. The van der Waals surface area contributed by atoms with Crippen molar-refractivity contribution >= 4 is 5.78 Å². The number of hydrogen-bond donors (Lipinski definition) is 0. The fraction of sp³-hybridized carbons (Fsp3) is 0.533. The minimum absolute atomic E-state index is 0.0476. The van der Waals surface area contributed by atoms with Crippen LogP contribution in [0.25, 0.3) is 0 Å². The number of ketones is 1. The highest BCUT2D eigenvalue weighted by Crippen LogP contribution is 2.28. The van der Waals surface area contributed by atoms with Crippen LogP contribution < -0.4 is 4.74 Å². The summed E-state index contributed by atoms with van der Waals surface area (Å²) in [6.45, 7) is 4.70. The van der Waals surface area contributed by atoms with Gasteiger partial charge in [-0.15, -0.1) is 0 Å². The van der Waals surface area contributed by atoms with Gasteiger partial charge in [0, 0.05) is 5.92 Å². The van der Waals surface area contributed by atoms with Gasteiger partial charge in [0.15, 0.2) is 0 Å². The Balaban J connectivity index is 2.05. The van der Waals surface area contributed by atoms with Crippen LogP contribution >= 0.6 is 0 Å². The number of rotatable bonds is 4. The summed E-state index contributed by atoms with van der Waals surface area (Å²) in [5.41, 5.74) is 1.17. The number of hydrogen-bond acceptors (Lipinski definition) is 2. The van der Waals surface area contributed by atoms with Gasteiger partial charge < -0.3 is 4.74 Å². The fourth-order valence-electron chi connectivity index (χ4n) is 2.49. The van der Waals surface area contributed by atoms with Gasteiger partial charge in [-0.2, -0.15) is 0 Å². The molecule has 0 amide bonds. The fourth-order valence-corrected chi connectivity index (χ4v) is 2.49. The lowest BCUT2D eigenvalue weighted by molar-refractivity contribution is -0.127. The molecule has 2 rings (SSSR count). The van der Waals surface area contributed by atoms with Gasteiger partial charge in [0.25, 0.3) is 0 Å². The zero-order valence-corrected chi connectivity index (χ0v) is 10.6. The van der Waals surface area contributed by atoms with Crippen molar-refractivity contribution in [1.82, 2.24) is 0 Å². The van der Waals surface area contributed by atoms with Gasteiger partial charge >= 0.3 is 0 Å². The molecule has 0 fully saturated rings. The number of ether oxygens (including phenoxy) is 1. The van der Waals surface area contributed by atoms with E-state index in [1.165, 1.54) is 5.56 Å². The third kappa shape index (κ3) is 2.68. The summed E-state index contributed by atoms with van der Waals surface area (Å²) < 4.78 is 5.66. The molecule has 0 spiro atoms. The van der Waals surface area contributed by atoms with E-state index in [0.29, 0.717) is 12.4 Å². The van der Waals surface area contributed by atoms with Gasteiger partial charge in [-0.05, 0) is 24.5 Å². The second-order valence-electron chi connectivity index (χ2n) is 4.91. The number of benzene rings is 1. The highest BCUT2D eigenvalue weighted by atomic mass is 16.5. The topological polar surface area (TPSA) is 26.3 Å². The molecule has 0 saturated heterocycles. The van der Waals surface area contributed by atoms with Crippen LogP contribution in [-0.2, 0) is 11.2 Å². The first-order chi connectivity index (χ1) is 8.22. The molecule has 2 atom stereocenters. The van der Waals surface area contributed by atoms with E-state index >= 15 is 0 Å². The van der Waals surface area contributed by atoms with Crippen molar-refractivity contribution in [3.63, 3.8) is 0 Å². The van der Waals surface area contributed by atoms with E-state index in [1.807, 2.05) is 25.1 Å². The monoisotopic (exact) mass is 232 g/mol. The molecule has 1 aliphatic rings. The Hall–Kier alpha value is -1.31. The van der Waals surface area contributed by atoms with Crippen LogP contribution in [0.15, 0.2) is 24.3 Å². The zero-order valence-electron chi connectivity index (χ0n) is 10.6. The maximum Gasteiger partial charge on any atom is 0.142 e. The largest absolute Gasteiger partial charge is 0.493 e. The SMILES string of the molecule is CCCC(C)C(=O)C1COc2ccccc2C1. The first-order valence-electron chi connectivity index (χ1n) is 6.46. The molecule has 0 radical (unpaired) electrons. The number of Topliss-reactive ketones (excluding diaryl/α,β-unsaturated/α-hetero) is 1. The van der Waals surface area contributed by atoms with Gasteiger partial charge in [0.05, 0.1) is 12.5 Å². The van der Waals surface area contributed by atoms with Crippen molar-refractivity contribution in [3.05, 3.63) is 29.8 Å². The lowest BCUT2D eigenvalue weighted by atomic mass is 9.86. The summed E-state index contributed by atoms with van der Waals surface area (Å²) in [5, 5.41) is 0. The number of carbonyl (C=O) groups excluding carboxylic acids is 1. The molecule has 92 valence electrons. The summed E-state index contributed by atoms with van der Waals surface area (Å²) in [6.07, 6.45) is 2.89. The predicted octanol–water partition coefficient (Wildman–Crippen LogP) is 3.24. The highest BCUT2D eigenvalue weighted by Gasteiger charge is 2.28. The Kier molecular flexibility index (Phi) is 3.82. The van der Waals surface area contributed by atoms with E-state index in [0.717, 1.165) is 25.0 Å².